The van der Waals surface area contributed by atoms with Crippen LogP contribution in [-0.4, -0.2) is 28.3 Å². The molecule has 0 aromatic rings. The molecular formula is C7H13NO3. The Morgan fingerprint density at radius 1 is 1.36 bits per heavy atom. The van der Waals surface area contributed by atoms with Gasteiger partial charge in [0.15, 0.2) is 0 Å². The summed E-state index contributed by atoms with van der Waals surface area (Å²) in [6.07, 6.45) is 0.173. The van der Waals surface area contributed by atoms with Gasteiger partial charge in [0.25, 0.3) is 0 Å². The topological polar surface area (TPSA) is 83.6 Å². The van der Waals surface area contributed by atoms with E-state index >= 15 is 0 Å². The van der Waals surface area contributed by atoms with Gasteiger partial charge in [-0.2, -0.15) is 0 Å². The van der Waals surface area contributed by atoms with Gasteiger partial charge in [-0.15, -0.1) is 0 Å². The Bertz CT molecular complexity index is 160. The first kappa shape index (κ1) is 8.49. The predicted molar refractivity (Wildman–Crippen MR) is 38.5 cm³/mol. The Labute approximate surface area is 65.0 Å². The average molecular weight is 159 g/mol. The Morgan fingerprint density at radius 3 is 2.45 bits per heavy atom. The summed E-state index contributed by atoms with van der Waals surface area (Å²) in [5.41, 5.74) is 5.01. The summed E-state index contributed by atoms with van der Waals surface area (Å²) in [5.74, 6) is -1.07. The van der Waals surface area contributed by atoms with Crippen LogP contribution in [0.3, 0.4) is 0 Å². The standard InChI is InChI=1S/C7H13NO3/c8-7(11)4-2-1-3-5(9)6(4)10/h4-6,9-10H,1-3H2,(H2,8,11). The molecule has 1 aliphatic carbocycles. The first-order valence-corrected chi connectivity index (χ1v) is 3.78. The number of hydrogen-bond acceptors (Lipinski definition) is 3. The second-order valence-corrected chi connectivity index (χ2v) is 3.00. The first-order chi connectivity index (χ1) is 5.13. The maximum absolute atomic E-state index is 10.7. The van der Waals surface area contributed by atoms with Gasteiger partial charge in [0.05, 0.1) is 18.1 Å². The lowest BCUT2D eigenvalue weighted by atomic mass is 9.84. The molecule has 3 atom stereocenters. The van der Waals surface area contributed by atoms with Crippen LogP contribution >= 0.6 is 0 Å². The summed E-state index contributed by atoms with van der Waals surface area (Å²) in [6.45, 7) is 0. The van der Waals surface area contributed by atoms with Crippen LogP contribution in [-0.2, 0) is 4.79 Å². The zero-order valence-corrected chi connectivity index (χ0v) is 6.23. The van der Waals surface area contributed by atoms with Gasteiger partial charge in [0.1, 0.15) is 0 Å². The van der Waals surface area contributed by atoms with Crippen molar-refractivity contribution in [3.63, 3.8) is 0 Å². The lowest BCUT2D eigenvalue weighted by Gasteiger charge is -2.29. The van der Waals surface area contributed by atoms with Crippen molar-refractivity contribution in [3.8, 4) is 0 Å². The molecule has 64 valence electrons. The molecule has 0 radical (unpaired) electrons. The highest BCUT2D eigenvalue weighted by molar-refractivity contribution is 5.77. The Hall–Kier alpha value is -0.610. The number of carbonyl (C=O) groups is 1. The SMILES string of the molecule is NC(=O)C1CCCC(O)C1O. The fraction of sp³-hybridized carbons (Fsp3) is 0.857. The fourth-order valence-corrected chi connectivity index (χ4v) is 1.47. The number of rotatable bonds is 1. The van der Waals surface area contributed by atoms with E-state index in [9.17, 15) is 9.90 Å². The maximum atomic E-state index is 10.7. The van der Waals surface area contributed by atoms with Crippen LogP contribution in [0.1, 0.15) is 19.3 Å². The number of aliphatic hydroxyl groups is 2. The van der Waals surface area contributed by atoms with E-state index in [1.165, 1.54) is 0 Å². The highest BCUT2D eigenvalue weighted by Gasteiger charge is 2.33. The summed E-state index contributed by atoms with van der Waals surface area (Å²) >= 11 is 0. The van der Waals surface area contributed by atoms with Crippen molar-refractivity contribution >= 4 is 5.91 Å². The van der Waals surface area contributed by atoms with Gasteiger partial charge in [0, 0.05) is 0 Å². The molecule has 0 spiro atoms. The molecule has 3 unspecified atom stereocenters. The zero-order valence-electron chi connectivity index (χ0n) is 6.23. The van der Waals surface area contributed by atoms with E-state index in [4.69, 9.17) is 10.8 Å². The monoisotopic (exact) mass is 159 g/mol. The van der Waals surface area contributed by atoms with Crippen LogP contribution in [0.5, 0.6) is 0 Å². The minimum Gasteiger partial charge on any atom is -0.390 e. The van der Waals surface area contributed by atoms with Crippen molar-refractivity contribution in [2.45, 2.75) is 31.5 Å². The first-order valence-electron chi connectivity index (χ1n) is 3.78. The Morgan fingerprint density at radius 2 is 2.00 bits per heavy atom. The molecule has 1 saturated carbocycles. The van der Waals surface area contributed by atoms with E-state index in [2.05, 4.69) is 0 Å². The molecule has 1 amide bonds. The molecule has 4 N–H and O–H groups in total. The quantitative estimate of drug-likeness (QED) is 0.458. The van der Waals surface area contributed by atoms with Crippen molar-refractivity contribution in [2.24, 2.45) is 11.7 Å². The zero-order chi connectivity index (χ0) is 8.43. The molecule has 0 aliphatic heterocycles. The van der Waals surface area contributed by atoms with Crippen LogP contribution in [0.15, 0.2) is 0 Å². The summed E-state index contributed by atoms with van der Waals surface area (Å²) in [5, 5.41) is 18.4. The highest BCUT2D eigenvalue weighted by atomic mass is 16.3. The second-order valence-electron chi connectivity index (χ2n) is 3.00. The van der Waals surface area contributed by atoms with Gasteiger partial charge in [-0.3, -0.25) is 4.79 Å². The molecule has 0 saturated heterocycles. The smallest absolute Gasteiger partial charge is 0.223 e. The van der Waals surface area contributed by atoms with E-state index in [0.29, 0.717) is 12.8 Å². The minimum absolute atomic E-state index is 0.517. The average Bonchev–Trinajstić information content (AvgIpc) is 1.94. The maximum Gasteiger partial charge on any atom is 0.223 e. The van der Waals surface area contributed by atoms with Crippen LogP contribution in [0.4, 0.5) is 0 Å². The lowest BCUT2D eigenvalue weighted by Crippen LogP contribution is -2.43. The van der Waals surface area contributed by atoms with Crippen molar-refractivity contribution in [3.05, 3.63) is 0 Å². The predicted octanol–water partition coefficient (Wildman–Crippen LogP) is -1.01. The molecule has 0 aromatic heterocycles. The Kier molecular flexibility index (Phi) is 2.46. The molecule has 1 aliphatic rings. The number of carbonyl (C=O) groups excluding carboxylic acids is 1. The van der Waals surface area contributed by atoms with Gasteiger partial charge < -0.3 is 15.9 Å². The van der Waals surface area contributed by atoms with Crippen LogP contribution in [0, 0.1) is 5.92 Å². The third kappa shape index (κ3) is 1.70. The highest BCUT2D eigenvalue weighted by Crippen LogP contribution is 2.24. The summed E-state index contributed by atoms with van der Waals surface area (Å²) in [4.78, 5) is 10.7. The number of hydrogen-bond donors (Lipinski definition) is 3. The van der Waals surface area contributed by atoms with E-state index in [1.807, 2.05) is 0 Å². The second kappa shape index (κ2) is 3.19. The molecular weight excluding hydrogens is 146 g/mol. The van der Waals surface area contributed by atoms with Gasteiger partial charge in [-0.1, -0.05) is 0 Å². The van der Waals surface area contributed by atoms with Crippen molar-refractivity contribution in [1.82, 2.24) is 0 Å². The van der Waals surface area contributed by atoms with Crippen LogP contribution in [0.2, 0.25) is 0 Å². The Balaban J connectivity index is 2.58. The van der Waals surface area contributed by atoms with Gasteiger partial charge >= 0.3 is 0 Å². The van der Waals surface area contributed by atoms with Crippen LogP contribution < -0.4 is 5.73 Å². The molecule has 11 heavy (non-hydrogen) atoms. The normalized spacial score (nSPS) is 38.5. The van der Waals surface area contributed by atoms with E-state index in [0.717, 1.165) is 6.42 Å². The molecule has 1 rings (SSSR count). The third-order valence-corrected chi connectivity index (χ3v) is 2.19. The van der Waals surface area contributed by atoms with Crippen molar-refractivity contribution < 1.29 is 15.0 Å². The number of nitrogens with two attached hydrogens (primary N) is 1. The minimum atomic E-state index is -0.957. The van der Waals surface area contributed by atoms with Gasteiger partial charge in [-0.05, 0) is 19.3 Å². The van der Waals surface area contributed by atoms with Gasteiger partial charge in [0.2, 0.25) is 5.91 Å². The number of aliphatic hydroxyl groups excluding tert-OH is 2. The molecule has 0 aromatic carbocycles. The molecule has 0 bridgehead atoms. The lowest BCUT2D eigenvalue weighted by molar-refractivity contribution is -0.132. The van der Waals surface area contributed by atoms with E-state index in [-0.39, 0.29) is 0 Å². The largest absolute Gasteiger partial charge is 0.390 e. The van der Waals surface area contributed by atoms with E-state index < -0.39 is 24.0 Å². The summed E-state index contributed by atoms with van der Waals surface area (Å²) < 4.78 is 0. The third-order valence-electron chi connectivity index (χ3n) is 2.19. The van der Waals surface area contributed by atoms with Crippen molar-refractivity contribution in [2.75, 3.05) is 0 Å². The molecule has 0 heterocycles. The summed E-state index contributed by atoms with van der Waals surface area (Å²) in [6, 6.07) is 0. The number of amides is 1. The molecule has 4 heteroatoms. The van der Waals surface area contributed by atoms with Gasteiger partial charge in [-0.25, -0.2) is 0 Å². The molecule has 1 fully saturated rings. The van der Waals surface area contributed by atoms with Crippen LogP contribution in [0.25, 0.3) is 0 Å². The molecule has 4 nitrogen and oxygen atoms in total. The summed E-state index contributed by atoms with van der Waals surface area (Å²) in [7, 11) is 0. The fourth-order valence-electron chi connectivity index (χ4n) is 1.47. The van der Waals surface area contributed by atoms with Crippen molar-refractivity contribution in [1.29, 1.82) is 0 Å². The van der Waals surface area contributed by atoms with E-state index in [1.54, 1.807) is 0 Å². The number of primary amides is 1.